The lowest BCUT2D eigenvalue weighted by molar-refractivity contribution is -0.138. The van der Waals surface area contributed by atoms with Gasteiger partial charge in [-0.1, -0.05) is 6.07 Å². The van der Waals surface area contributed by atoms with E-state index >= 15 is 0 Å². The Morgan fingerprint density at radius 2 is 0.978 bits per heavy atom. The zero-order chi connectivity index (χ0) is 32.6. The van der Waals surface area contributed by atoms with Gasteiger partial charge in [0.15, 0.2) is 0 Å². The van der Waals surface area contributed by atoms with Gasteiger partial charge in [-0.05, 0) is 85.3 Å². The summed E-state index contributed by atoms with van der Waals surface area (Å²) >= 11 is 0. The Bertz CT molecular complexity index is 1930. The minimum atomic E-state index is -4.83. The van der Waals surface area contributed by atoms with Crippen molar-refractivity contribution in [1.82, 2.24) is 0 Å². The SMILES string of the molecule is Cc1cc(N2C(=O)C=CC2=O)ccc1Oc1cccc(Oc2ccc(Oc3ccc(N4C(=O)C=CC4=O)cc3C(F)(F)F)cc2)c1. The van der Waals surface area contributed by atoms with E-state index in [1.54, 1.807) is 49.4 Å². The van der Waals surface area contributed by atoms with Crippen LogP contribution in [0.25, 0.3) is 0 Å². The fraction of sp³-hybridized carbons (Fsp3) is 0.0588. The number of ether oxygens (including phenoxy) is 3. The third-order valence-corrected chi connectivity index (χ3v) is 6.88. The molecule has 2 heterocycles. The van der Waals surface area contributed by atoms with Gasteiger partial charge in [0, 0.05) is 30.4 Å². The van der Waals surface area contributed by atoms with Gasteiger partial charge in [0.25, 0.3) is 23.6 Å². The zero-order valence-corrected chi connectivity index (χ0v) is 23.8. The molecule has 0 radical (unpaired) electrons. The molecule has 0 aliphatic carbocycles. The van der Waals surface area contributed by atoms with Crippen molar-refractivity contribution in [2.45, 2.75) is 13.1 Å². The lowest BCUT2D eigenvalue weighted by atomic mass is 10.1. The number of rotatable bonds is 8. The molecule has 0 aromatic heterocycles. The van der Waals surface area contributed by atoms with Crippen LogP contribution >= 0.6 is 0 Å². The first kappa shape index (κ1) is 29.9. The van der Waals surface area contributed by atoms with Crippen LogP contribution in [-0.2, 0) is 25.4 Å². The average molecular weight is 627 g/mol. The number of hydrogen-bond donors (Lipinski definition) is 0. The molecule has 2 aliphatic rings. The number of carbonyl (C=O) groups excluding carboxylic acids is 4. The van der Waals surface area contributed by atoms with Gasteiger partial charge in [-0.2, -0.15) is 13.2 Å². The first-order valence-corrected chi connectivity index (χ1v) is 13.6. The van der Waals surface area contributed by atoms with Crippen LogP contribution in [0.4, 0.5) is 24.5 Å². The Balaban J connectivity index is 1.13. The van der Waals surface area contributed by atoms with Crippen molar-refractivity contribution in [3.05, 3.63) is 120 Å². The van der Waals surface area contributed by atoms with Crippen molar-refractivity contribution < 1.29 is 46.6 Å². The first-order valence-electron chi connectivity index (χ1n) is 13.6. The van der Waals surface area contributed by atoms with E-state index in [1.165, 1.54) is 42.5 Å². The summed E-state index contributed by atoms with van der Waals surface area (Å²) in [6, 6.07) is 20.5. The molecule has 0 spiro atoms. The Kier molecular flexibility index (Phi) is 7.62. The Morgan fingerprint density at radius 3 is 1.50 bits per heavy atom. The number of benzene rings is 4. The van der Waals surface area contributed by atoms with Crippen molar-refractivity contribution in [3.8, 4) is 34.5 Å². The largest absolute Gasteiger partial charge is 0.457 e. The Hall–Kier alpha value is -6.17. The highest BCUT2D eigenvalue weighted by atomic mass is 19.4. The number of anilines is 2. The fourth-order valence-electron chi connectivity index (χ4n) is 4.73. The van der Waals surface area contributed by atoms with Crippen molar-refractivity contribution in [2.24, 2.45) is 0 Å². The van der Waals surface area contributed by atoms with E-state index < -0.39 is 41.1 Å². The molecule has 0 unspecified atom stereocenters. The van der Waals surface area contributed by atoms with Gasteiger partial charge in [-0.25, -0.2) is 9.80 Å². The molecule has 0 N–H and O–H groups in total. The normalized spacial score (nSPS) is 14.4. The van der Waals surface area contributed by atoms with E-state index in [9.17, 15) is 32.3 Å². The molecule has 0 atom stereocenters. The molecule has 0 fully saturated rings. The average Bonchev–Trinajstić information content (AvgIpc) is 3.53. The van der Waals surface area contributed by atoms with Crippen molar-refractivity contribution in [1.29, 1.82) is 0 Å². The quantitative estimate of drug-likeness (QED) is 0.190. The summed E-state index contributed by atoms with van der Waals surface area (Å²) in [6.07, 6.45) is -0.449. The third kappa shape index (κ3) is 6.09. The zero-order valence-electron chi connectivity index (χ0n) is 23.8. The van der Waals surface area contributed by atoms with Crippen molar-refractivity contribution in [2.75, 3.05) is 9.80 Å². The molecule has 4 aromatic carbocycles. The number of carbonyl (C=O) groups is 4. The second-order valence-corrected chi connectivity index (χ2v) is 10.1. The summed E-state index contributed by atoms with van der Waals surface area (Å²) < 4.78 is 59.0. The topological polar surface area (TPSA) is 102 Å². The van der Waals surface area contributed by atoms with E-state index in [0.29, 0.717) is 45.2 Å². The van der Waals surface area contributed by atoms with Gasteiger partial charge >= 0.3 is 6.18 Å². The highest BCUT2D eigenvalue weighted by Gasteiger charge is 2.37. The van der Waals surface area contributed by atoms with Crippen LogP contribution in [-0.4, -0.2) is 23.6 Å². The predicted octanol–water partition coefficient (Wildman–Crippen LogP) is 7.25. The van der Waals surface area contributed by atoms with Crippen molar-refractivity contribution >= 4 is 35.0 Å². The monoisotopic (exact) mass is 626 g/mol. The van der Waals surface area contributed by atoms with Crippen LogP contribution in [0.5, 0.6) is 34.5 Å². The maximum absolute atomic E-state index is 13.9. The number of imide groups is 2. The van der Waals surface area contributed by atoms with E-state index in [2.05, 4.69) is 0 Å². The maximum atomic E-state index is 13.9. The lowest BCUT2D eigenvalue weighted by Crippen LogP contribution is -2.29. The molecule has 4 amide bonds. The minimum Gasteiger partial charge on any atom is -0.457 e. The molecule has 12 heteroatoms. The molecule has 0 bridgehead atoms. The van der Waals surface area contributed by atoms with Gasteiger partial charge in [0.05, 0.1) is 11.4 Å². The molecule has 230 valence electrons. The van der Waals surface area contributed by atoms with Gasteiger partial charge in [-0.3, -0.25) is 19.2 Å². The lowest BCUT2D eigenvalue weighted by Gasteiger charge is -2.19. The number of halogens is 3. The summed E-state index contributed by atoms with van der Waals surface area (Å²) in [5, 5.41) is 0. The van der Waals surface area contributed by atoms with Crippen LogP contribution in [0.15, 0.2) is 109 Å². The van der Waals surface area contributed by atoms with Gasteiger partial charge in [0.1, 0.15) is 40.1 Å². The minimum absolute atomic E-state index is 0.0877. The van der Waals surface area contributed by atoms with Crippen LogP contribution in [0.2, 0.25) is 0 Å². The molecular weight excluding hydrogens is 605 g/mol. The summed E-state index contributed by atoms with van der Waals surface area (Å²) in [6.45, 7) is 1.78. The highest BCUT2D eigenvalue weighted by Crippen LogP contribution is 2.41. The number of nitrogens with zero attached hydrogens (tertiary/aromatic N) is 2. The third-order valence-electron chi connectivity index (χ3n) is 6.88. The highest BCUT2D eigenvalue weighted by molar-refractivity contribution is 6.28. The molecular formula is C34H21F3N2O7. The van der Waals surface area contributed by atoms with Crippen LogP contribution < -0.4 is 24.0 Å². The van der Waals surface area contributed by atoms with Gasteiger partial charge in [0.2, 0.25) is 0 Å². The molecule has 9 nitrogen and oxygen atoms in total. The van der Waals surface area contributed by atoms with Crippen molar-refractivity contribution in [3.63, 3.8) is 0 Å². The number of amides is 4. The predicted molar refractivity (Wildman–Crippen MR) is 159 cm³/mol. The standard InChI is InChI=1S/C34H21F3N2O7/c1-20-17-21(38-30(40)13-14-31(38)41)5-11-28(20)46-26-4-2-3-25(19-26)44-23-7-9-24(10-8-23)45-29-12-6-22(18-27(29)34(35,36)37)39-32(42)15-16-33(39)43/h2-19H,1H3. The van der Waals surface area contributed by atoms with Crippen LogP contribution in [0.1, 0.15) is 11.1 Å². The summed E-state index contributed by atoms with van der Waals surface area (Å²) in [5.74, 6) is -1.03. The van der Waals surface area contributed by atoms with E-state index in [4.69, 9.17) is 14.2 Å². The second-order valence-electron chi connectivity index (χ2n) is 10.1. The molecule has 4 aromatic rings. The maximum Gasteiger partial charge on any atom is 0.420 e. The Labute approximate surface area is 259 Å². The molecule has 0 saturated carbocycles. The molecule has 6 rings (SSSR count). The summed E-state index contributed by atoms with van der Waals surface area (Å²) in [4.78, 5) is 49.5. The number of aryl methyl sites for hydroxylation is 1. The molecule has 2 aliphatic heterocycles. The number of alkyl halides is 3. The van der Waals surface area contributed by atoms with E-state index in [1.807, 2.05) is 0 Å². The fourth-order valence-corrected chi connectivity index (χ4v) is 4.73. The molecule has 46 heavy (non-hydrogen) atoms. The molecule has 0 saturated heterocycles. The van der Waals surface area contributed by atoms with E-state index in [-0.39, 0.29) is 11.4 Å². The summed E-state index contributed by atoms with van der Waals surface area (Å²) in [5.41, 5.74) is -0.275. The summed E-state index contributed by atoms with van der Waals surface area (Å²) in [7, 11) is 0. The van der Waals surface area contributed by atoms with Gasteiger partial charge < -0.3 is 14.2 Å². The van der Waals surface area contributed by atoms with E-state index in [0.717, 1.165) is 23.1 Å². The van der Waals surface area contributed by atoms with Gasteiger partial charge in [-0.15, -0.1) is 0 Å². The first-order chi connectivity index (χ1) is 22.0. The number of hydrogen-bond acceptors (Lipinski definition) is 7. The second kappa shape index (κ2) is 11.7. The van der Waals surface area contributed by atoms with Crippen LogP contribution in [0, 0.1) is 6.92 Å². The smallest absolute Gasteiger partial charge is 0.420 e. The van der Waals surface area contributed by atoms with Crippen LogP contribution in [0.3, 0.4) is 0 Å². The Morgan fingerprint density at radius 1 is 0.522 bits per heavy atom.